The van der Waals surface area contributed by atoms with Gasteiger partial charge in [0.15, 0.2) is 0 Å². The van der Waals surface area contributed by atoms with Gasteiger partial charge in [0.25, 0.3) is 15.9 Å². The van der Waals surface area contributed by atoms with Crippen LogP contribution in [-0.4, -0.2) is 14.3 Å². The summed E-state index contributed by atoms with van der Waals surface area (Å²) >= 11 is 1.15. The van der Waals surface area contributed by atoms with Crippen molar-refractivity contribution in [3.63, 3.8) is 0 Å². The first-order valence-corrected chi connectivity index (χ1v) is 9.87. The van der Waals surface area contributed by atoms with E-state index >= 15 is 0 Å². The smallest absolute Gasteiger partial charge is 0.273 e. The Morgan fingerprint density at radius 3 is 2.30 bits per heavy atom. The average molecular weight is 401 g/mol. The Bertz CT molecular complexity index is 1120. The van der Waals surface area contributed by atoms with E-state index < -0.39 is 15.9 Å². The molecule has 1 amide bonds. The van der Waals surface area contributed by atoms with Crippen LogP contribution in [-0.2, 0) is 10.0 Å². The first-order chi connectivity index (χ1) is 12.9. The Hall–Kier alpha value is -3.06. The lowest BCUT2D eigenvalue weighted by Gasteiger charge is -2.07. The lowest BCUT2D eigenvalue weighted by atomic mass is 10.2. The van der Waals surface area contributed by atoms with Crippen molar-refractivity contribution in [3.05, 3.63) is 76.9 Å². The number of nitrogens with one attached hydrogen (secondary N) is 2. The van der Waals surface area contributed by atoms with Crippen LogP contribution in [0.5, 0.6) is 0 Å². The monoisotopic (exact) mass is 401 g/mol. The summed E-state index contributed by atoms with van der Waals surface area (Å²) in [5.41, 5.74) is 3.22. The summed E-state index contributed by atoms with van der Waals surface area (Å²) in [6, 6.07) is 16.2. The second-order valence-electron chi connectivity index (χ2n) is 5.37. The number of carbonyl (C=O) groups is 1. The molecule has 0 fully saturated rings. The van der Waals surface area contributed by atoms with Gasteiger partial charge in [0.2, 0.25) is 0 Å². The van der Waals surface area contributed by atoms with Crippen molar-refractivity contribution in [2.45, 2.75) is 4.90 Å². The molecule has 3 aromatic rings. The first kappa shape index (κ1) is 18.7. The molecule has 0 aliphatic rings. The summed E-state index contributed by atoms with van der Waals surface area (Å²) in [4.78, 5) is 15.2. The van der Waals surface area contributed by atoms with Gasteiger partial charge in [0.1, 0.15) is 5.82 Å². The van der Waals surface area contributed by atoms with Gasteiger partial charge in [0, 0.05) is 4.88 Å². The Labute approximate surface area is 158 Å². The van der Waals surface area contributed by atoms with Crippen molar-refractivity contribution in [2.24, 2.45) is 0 Å². The zero-order valence-corrected chi connectivity index (χ0v) is 15.3. The highest BCUT2D eigenvalue weighted by atomic mass is 32.2. The second kappa shape index (κ2) is 7.67. The van der Waals surface area contributed by atoms with E-state index in [2.05, 4.69) is 5.43 Å². The number of nitriles is 1. The number of thiophene rings is 1. The van der Waals surface area contributed by atoms with E-state index in [0.717, 1.165) is 21.8 Å². The van der Waals surface area contributed by atoms with Gasteiger partial charge in [-0.15, -0.1) is 16.2 Å². The minimum absolute atomic E-state index is 0.0834. The molecule has 0 unspecified atom stereocenters. The van der Waals surface area contributed by atoms with Gasteiger partial charge in [-0.25, -0.2) is 12.8 Å². The van der Waals surface area contributed by atoms with E-state index in [1.165, 1.54) is 36.4 Å². The van der Waals surface area contributed by atoms with Gasteiger partial charge in [-0.1, -0.05) is 12.1 Å². The number of hydrogen-bond acceptors (Lipinski definition) is 5. The predicted molar refractivity (Wildman–Crippen MR) is 98.7 cm³/mol. The first-order valence-electron chi connectivity index (χ1n) is 7.57. The number of rotatable bonds is 5. The number of benzene rings is 2. The number of hydrazine groups is 1. The maximum absolute atomic E-state index is 13.0. The normalized spacial score (nSPS) is 11.0. The molecule has 2 N–H and O–H groups in total. The molecule has 136 valence electrons. The maximum atomic E-state index is 13.0. The fourth-order valence-corrected chi connectivity index (χ4v) is 3.92. The Balaban J connectivity index is 1.68. The fraction of sp³-hybridized carbons (Fsp3) is 0. The quantitative estimate of drug-likeness (QED) is 0.642. The summed E-state index contributed by atoms with van der Waals surface area (Å²) in [6.45, 7) is 0. The van der Waals surface area contributed by atoms with Crippen LogP contribution < -0.4 is 10.3 Å². The Morgan fingerprint density at radius 2 is 1.67 bits per heavy atom. The Morgan fingerprint density at radius 1 is 1.00 bits per heavy atom. The number of halogens is 1. The molecule has 0 saturated heterocycles. The van der Waals surface area contributed by atoms with Crippen molar-refractivity contribution in [1.29, 1.82) is 5.26 Å². The lowest BCUT2D eigenvalue weighted by Crippen LogP contribution is -2.41. The zero-order valence-electron chi connectivity index (χ0n) is 13.6. The van der Waals surface area contributed by atoms with Crippen molar-refractivity contribution in [1.82, 2.24) is 10.3 Å². The van der Waals surface area contributed by atoms with Gasteiger partial charge in [-0.05, 0) is 54.1 Å². The van der Waals surface area contributed by atoms with E-state index in [4.69, 9.17) is 5.26 Å². The molecular weight excluding hydrogens is 389 g/mol. The molecule has 0 radical (unpaired) electrons. The van der Waals surface area contributed by atoms with Gasteiger partial charge in [0.05, 0.1) is 21.4 Å². The predicted octanol–water partition coefficient (Wildman–Crippen LogP) is 3.05. The summed E-state index contributed by atoms with van der Waals surface area (Å²) in [6.07, 6.45) is 0. The van der Waals surface area contributed by atoms with E-state index in [1.807, 2.05) is 10.9 Å². The standard InChI is InChI=1S/C18H12FN3O3S2/c19-14-5-3-13(4-6-14)16-9-10-17(26-16)18(23)21-22-27(24,25)15-7-1-12(11-20)2-8-15/h1-10,22H,(H,21,23). The van der Waals surface area contributed by atoms with Gasteiger partial charge >= 0.3 is 0 Å². The fourth-order valence-electron chi connectivity index (χ4n) is 2.17. The van der Waals surface area contributed by atoms with Crippen molar-refractivity contribution >= 4 is 27.3 Å². The highest BCUT2D eigenvalue weighted by molar-refractivity contribution is 7.89. The molecule has 6 nitrogen and oxygen atoms in total. The van der Waals surface area contributed by atoms with Gasteiger partial charge < -0.3 is 0 Å². The number of sulfonamides is 1. The molecule has 27 heavy (non-hydrogen) atoms. The van der Waals surface area contributed by atoms with E-state index in [1.54, 1.807) is 24.3 Å². The minimum Gasteiger partial charge on any atom is -0.273 e. The topological polar surface area (TPSA) is 99.1 Å². The summed E-state index contributed by atoms with van der Waals surface area (Å²) in [5, 5.41) is 8.74. The molecule has 1 aromatic heterocycles. The molecule has 0 atom stereocenters. The van der Waals surface area contributed by atoms with Crippen LogP contribution in [0.3, 0.4) is 0 Å². The SMILES string of the molecule is N#Cc1ccc(S(=O)(=O)NNC(=O)c2ccc(-c3ccc(F)cc3)s2)cc1. The van der Waals surface area contributed by atoms with Crippen LogP contribution in [0.25, 0.3) is 10.4 Å². The molecule has 2 aromatic carbocycles. The third-order valence-corrected chi connectivity index (χ3v) is 5.95. The van der Waals surface area contributed by atoms with Crippen LogP contribution in [0.15, 0.2) is 65.6 Å². The molecule has 9 heteroatoms. The minimum atomic E-state index is -3.97. The Kier molecular flexibility index (Phi) is 5.32. The highest BCUT2D eigenvalue weighted by Gasteiger charge is 2.17. The van der Waals surface area contributed by atoms with E-state index in [-0.39, 0.29) is 15.6 Å². The molecule has 0 aliphatic carbocycles. The number of carbonyl (C=O) groups excluding carboxylic acids is 1. The molecular formula is C18H12FN3O3S2. The largest absolute Gasteiger partial charge is 0.276 e. The molecule has 0 bridgehead atoms. The average Bonchev–Trinajstić information content (AvgIpc) is 3.17. The molecule has 0 aliphatic heterocycles. The summed E-state index contributed by atoms with van der Waals surface area (Å²) in [5.74, 6) is -0.976. The van der Waals surface area contributed by atoms with E-state index in [0.29, 0.717) is 5.56 Å². The van der Waals surface area contributed by atoms with Crippen molar-refractivity contribution in [3.8, 4) is 16.5 Å². The van der Waals surface area contributed by atoms with Crippen LogP contribution in [0.1, 0.15) is 15.2 Å². The van der Waals surface area contributed by atoms with Crippen LogP contribution >= 0.6 is 11.3 Å². The zero-order chi connectivity index (χ0) is 19.4. The lowest BCUT2D eigenvalue weighted by molar-refractivity contribution is 0.0949. The van der Waals surface area contributed by atoms with Crippen molar-refractivity contribution < 1.29 is 17.6 Å². The van der Waals surface area contributed by atoms with Crippen LogP contribution in [0.2, 0.25) is 0 Å². The molecule has 0 saturated carbocycles. The van der Waals surface area contributed by atoms with Crippen LogP contribution in [0, 0.1) is 17.1 Å². The van der Waals surface area contributed by atoms with E-state index in [9.17, 15) is 17.6 Å². The second-order valence-corrected chi connectivity index (χ2v) is 8.13. The van der Waals surface area contributed by atoms with Crippen LogP contribution in [0.4, 0.5) is 4.39 Å². The third-order valence-electron chi connectivity index (χ3n) is 3.55. The third kappa shape index (κ3) is 4.38. The number of nitrogens with zero attached hydrogens (tertiary/aromatic N) is 1. The molecule has 1 heterocycles. The number of hydrogen-bond donors (Lipinski definition) is 2. The number of amides is 1. The van der Waals surface area contributed by atoms with Gasteiger partial charge in [-0.3, -0.25) is 10.2 Å². The maximum Gasteiger partial charge on any atom is 0.276 e. The molecule has 0 spiro atoms. The van der Waals surface area contributed by atoms with Crippen molar-refractivity contribution in [2.75, 3.05) is 0 Å². The molecule has 3 rings (SSSR count). The highest BCUT2D eigenvalue weighted by Crippen LogP contribution is 2.28. The summed E-state index contributed by atoms with van der Waals surface area (Å²) < 4.78 is 37.4. The summed E-state index contributed by atoms with van der Waals surface area (Å²) in [7, 11) is -3.97. The van der Waals surface area contributed by atoms with Gasteiger partial charge in [-0.2, -0.15) is 5.26 Å².